The second kappa shape index (κ2) is 7.21. The van der Waals surface area contributed by atoms with Crippen LogP contribution in [0, 0.1) is 0 Å². The van der Waals surface area contributed by atoms with Crippen molar-refractivity contribution in [3.05, 3.63) is 34.8 Å². The third-order valence-electron chi connectivity index (χ3n) is 2.95. The molecule has 23 heavy (non-hydrogen) atoms. The minimum Gasteiger partial charge on any atom is -0.454 e. The molecule has 1 aliphatic rings. The molecule has 2 aromatic rings. The Morgan fingerprint density at radius 1 is 1.39 bits per heavy atom. The summed E-state index contributed by atoms with van der Waals surface area (Å²) in [5.41, 5.74) is 0.846. The molecule has 8 heteroatoms. The van der Waals surface area contributed by atoms with E-state index in [-0.39, 0.29) is 12.7 Å². The Balaban J connectivity index is 1.57. The molecule has 0 spiro atoms. The van der Waals surface area contributed by atoms with Gasteiger partial charge in [-0.25, -0.2) is 0 Å². The monoisotopic (exact) mass is 333 g/mol. The van der Waals surface area contributed by atoms with Crippen LogP contribution >= 0.6 is 11.3 Å². The van der Waals surface area contributed by atoms with Gasteiger partial charge >= 0.3 is 0 Å². The first-order valence-corrected chi connectivity index (χ1v) is 7.85. The first-order chi connectivity index (χ1) is 11.2. The van der Waals surface area contributed by atoms with Crippen LogP contribution < -0.4 is 14.8 Å². The molecule has 120 valence electrons. The van der Waals surface area contributed by atoms with Gasteiger partial charge in [0.2, 0.25) is 17.8 Å². The van der Waals surface area contributed by atoms with Crippen LogP contribution in [0.15, 0.2) is 24.3 Å². The average molecular weight is 333 g/mol. The predicted molar refractivity (Wildman–Crippen MR) is 85.5 cm³/mol. The van der Waals surface area contributed by atoms with Crippen LogP contribution in [0.3, 0.4) is 0 Å². The molecule has 2 heterocycles. The van der Waals surface area contributed by atoms with Gasteiger partial charge in [0, 0.05) is 12.7 Å². The lowest BCUT2D eigenvalue weighted by Crippen LogP contribution is -2.07. The van der Waals surface area contributed by atoms with Gasteiger partial charge in [0.1, 0.15) is 11.6 Å². The summed E-state index contributed by atoms with van der Waals surface area (Å²) in [6, 6.07) is 5.48. The number of nitrogens with one attached hydrogen (secondary N) is 1. The van der Waals surface area contributed by atoms with Crippen molar-refractivity contribution in [2.45, 2.75) is 13.5 Å². The molecule has 3 rings (SSSR count). The normalized spacial score (nSPS) is 12.7. The summed E-state index contributed by atoms with van der Waals surface area (Å²) < 4.78 is 15.8. The Labute approximate surface area is 136 Å². The van der Waals surface area contributed by atoms with E-state index in [0.717, 1.165) is 10.6 Å². The van der Waals surface area contributed by atoms with Gasteiger partial charge < -0.3 is 14.2 Å². The fourth-order valence-corrected chi connectivity index (χ4v) is 2.57. The van der Waals surface area contributed by atoms with Crippen LogP contribution in [0.4, 0.5) is 5.13 Å². The van der Waals surface area contributed by atoms with Gasteiger partial charge in [-0.3, -0.25) is 10.1 Å². The first kappa shape index (κ1) is 15.4. The summed E-state index contributed by atoms with van der Waals surface area (Å²) in [7, 11) is 0. The highest BCUT2D eigenvalue weighted by Crippen LogP contribution is 2.32. The average Bonchev–Trinajstić information content (AvgIpc) is 3.19. The number of amides is 1. The molecule has 0 saturated carbocycles. The minimum absolute atomic E-state index is 0.226. The van der Waals surface area contributed by atoms with Gasteiger partial charge in [-0.2, -0.15) is 0 Å². The lowest BCUT2D eigenvalue weighted by molar-refractivity contribution is -0.111. The number of fused-ring (bicyclic) bond motifs is 1. The molecule has 1 aromatic heterocycles. The number of carbonyl (C=O) groups is 1. The highest BCUT2D eigenvalue weighted by molar-refractivity contribution is 7.15. The van der Waals surface area contributed by atoms with Gasteiger partial charge in [-0.1, -0.05) is 17.4 Å². The van der Waals surface area contributed by atoms with E-state index in [0.29, 0.717) is 29.8 Å². The van der Waals surface area contributed by atoms with Crippen molar-refractivity contribution in [1.82, 2.24) is 10.2 Å². The first-order valence-electron chi connectivity index (χ1n) is 7.03. The van der Waals surface area contributed by atoms with E-state index < -0.39 is 0 Å². The number of benzene rings is 1. The number of nitrogens with zero attached hydrogens (tertiary/aromatic N) is 2. The van der Waals surface area contributed by atoms with E-state index in [9.17, 15) is 4.79 Å². The van der Waals surface area contributed by atoms with Crippen molar-refractivity contribution in [3.8, 4) is 11.5 Å². The zero-order chi connectivity index (χ0) is 16.1. The molecule has 1 aromatic carbocycles. The second-order valence-corrected chi connectivity index (χ2v) is 5.64. The molecular formula is C15H15N3O4S. The summed E-state index contributed by atoms with van der Waals surface area (Å²) in [5.74, 6) is 1.11. The standard InChI is InChI=1S/C15H15N3O4S/c1-2-20-8-14-17-18-15(23-14)16-13(19)6-4-10-3-5-11-12(7-10)22-9-21-11/h3-7H,2,8-9H2,1H3,(H,16,18,19)/b6-4+. The number of aromatic nitrogens is 2. The quantitative estimate of drug-likeness (QED) is 0.818. The van der Waals surface area contributed by atoms with Crippen molar-refractivity contribution in [2.24, 2.45) is 0 Å². The Bertz CT molecular complexity index is 729. The molecular weight excluding hydrogens is 318 g/mol. The van der Waals surface area contributed by atoms with E-state index in [4.69, 9.17) is 14.2 Å². The highest BCUT2D eigenvalue weighted by Gasteiger charge is 2.12. The molecule has 0 unspecified atom stereocenters. The van der Waals surface area contributed by atoms with Crippen LogP contribution in [-0.4, -0.2) is 29.5 Å². The van der Waals surface area contributed by atoms with Crippen LogP contribution in [0.1, 0.15) is 17.5 Å². The van der Waals surface area contributed by atoms with E-state index in [2.05, 4.69) is 15.5 Å². The summed E-state index contributed by atoms with van der Waals surface area (Å²) in [4.78, 5) is 11.9. The van der Waals surface area contributed by atoms with Crippen molar-refractivity contribution < 1.29 is 19.0 Å². The molecule has 0 radical (unpaired) electrons. The molecule has 7 nitrogen and oxygen atoms in total. The smallest absolute Gasteiger partial charge is 0.250 e. The van der Waals surface area contributed by atoms with Gasteiger partial charge in [-0.05, 0) is 30.7 Å². The Morgan fingerprint density at radius 2 is 2.26 bits per heavy atom. The zero-order valence-corrected chi connectivity index (χ0v) is 13.3. The maximum absolute atomic E-state index is 11.9. The van der Waals surface area contributed by atoms with E-state index in [1.165, 1.54) is 17.4 Å². The molecule has 1 amide bonds. The maximum atomic E-state index is 11.9. The van der Waals surface area contributed by atoms with Gasteiger partial charge in [0.25, 0.3) is 0 Å². The summed E-state index contributed by atoms with van der Waals surface area (Å²) in [5, 5.41) is 11.7. The summed E-state index contributed by atoms with van der Waals surface area (Å²) >= 11 is 1.29. The number of rotatable bonds is 6. The molecule has 0 saturated heterocycles. The summed E-state index contributed by atoms with van der Waals surface area (Å²) in [6.45, 7) is 3.14. The second-order valence-electron chi connectivity index (χ2n) is 4.57. The lowest BCUT2D eigenvalue weighted by Gasteiger charge is -1.98. The number of ether oxygens (including phenoxy) is 3. The third-order valence-corrected chi connectivity index (χ3v) is 3.76. The summed E-state index contributed by atoms with van der Waals surface area (Å²) in [6.07, 6.45) is 3.13. The largest absolute Gasteiger partial charge is 0.454 e. The molecule has 0 aliphatic carbocycles. The fraction of sp³-hybridized carbons (Fsp3) is 0.267. The fourth-order valence-electron chi connectivity index (χ4n) is 1.89. The SMILES string of the molecule is CCOCc1nnc(NC(=O)/C=C/c2ccc3c(c2)OCO3)s1. The van der Waals surface area contributed by atoms with E-state index >= 15 is 0 Å². The van der Waals surface area contributed by atoms with Crippen molar-refractivity contribution in [1.29, 1.82) is 0 Å². The number of anilines is 1. The van der Waals surface area contributed by atoms with Gasteiger partial charge in [0.15, 0.2) is 11.5 Å². The lowest BCUT2D eigenvalue weighted by atomic mass is 10.2. The molecule has 0 bridgehead atoms. The maximum Gasteiger partial charge on any atom is 0.250 e. The number of hydrogen-bond acceptors (Lipinski definition) is 7. The Kier molecular flexibility index (Phi) is 4.84. The van der Waals surface area contributed by atoms with Crippen LogP contribution in [0.25, 0.3) is 6.08 Å². The van der Waals surface area contributed by atoms with Crippen molar-refractivity contribution >= 4 is 28.5 Å². The van der Waals surface area contributed by atoms with Gasteiger partial charge in [-0.15, -0.1) is 10.2 Å². The van der Waals surface area contributed by atoms with Crippen LogP contribution in [0.5, 0.6) is 11.5 Å². The minimum atomic E-state index is -0.276. The Hall–Kier alpha value is -2.45. The van der Waals surface area contributed by atoms with Crippen LogP contribution in [0.2, 0.25) is 0 Å². The van der Waals surface area contributed by atoms with E-state index in [1.54, 1.807) is 6.08 Å². The third kappa shape index (κ3) is 4.05. The van der Waals surface area contributed by atoms with E-state index in [1.807, 2.05) is 25.1 Å². The highest BCUT2D eigenvalue weighted by atomic mass is 32.1. The molecule has 0 fully saturated rings. The Morgan fingerprint density at radius 3 is 3.13 bits per heavy atom. The van der Waals surface area contributed by atoms with Gasteiger partial charge in [0.05, 0.1) is 0 Å². The number of hydrogen-bond donors (Lipinski definition) is 1. The number of carbonyl (C=O) groups excluding carboxylic acids is 1. The zero-order valence-electron chi connectivity index (χ0n) is 12.4. The molecule has 1 aliphatic heterocycles. The molecule has 1 N–H and O–H groups in total. The molecule has 0 atom stereocenters. The predicted octanol–water partition coefficient (Wildman–Crippen LogP) is 2.46. The van der Waals surface area contributed by atoms with Crippen LogP contribution in [-0.2, 0) is 16.1 Å². The topological polar surface area (TPSA) is 82.6 Å². The van der Waals surface area contributed by atoms with Crippen molar-refractivity contribution in [3.63, 3.8) is 0 Å². The van der Waals surface area contributed by atoms with Crippen molar-refractivity contribution in [2.75, 3.05) is 18.7 Å².